The number of aromatic nitrogens is 1. The van der Waals surface area contributed by atoms with E-state index in [4.69, 9.17) is 35.3 Å². The predicted octanol–water partition coefficient (Wildman–Crippen LogP) is 2.24. The largest absolute Gasteiger partial charge is 0.463 e. The number of nitrogens with zero attached hydrogens (tertiary/aromatic N) is 1. The quantitative estimate of drug-likeness (QED) is 0.362. The summed E-state index contributed by atoms with van der Waals surface area (Å²) >= 11 is 5.98. The highest BCUT2D eigenvalue weighted by Crippen LogP contribution is 2.32. The van der Waals surface area contributed by atoms with Crippen LogP contribution in [0.5, 0.6) is 0 Å². The van der Waals surface area contributed by atoms with Crippen LogP contribution in [-0.2, 0) is 49.3 Å². The molecule has 1 aromatic heterocycles. The molecule has 40 heavy (non-hydrogen) atoms. The number of halogens is 1. The normalized spacial score (nSPS) is 21.9. The molecule has 1 aliphatic heterocycles. The number of nitriles is 1. The molecule has 1 N–H and O–H groups in total. The molecule has 13 heteroatoms. The van der Waals surface area contributed by atoms with Crippen molar-refractivity contribution in [1.82, 2.24) is 4.98 Å². The molecule has 3 rings (SSSR count). The zero-order chi connectivity index (χ0) is 29.6. The first-order valence-corrected chi connectivity index (χ1v) is 12.5. The summed E-state index contributed by atoms with van der Waals surface area (Å²) in [4.78, 5) is 63.0. The molecule has 0 aliphatic carbocycles. The molecule has 0 amide bonds. The Morgan fingerprint density at radius 3 is 1.98 bits per heavy atom. The highest BCUT2D eigenvalue weighted by Gasteiger charge is 2.52. The van der Waals surface area contributed by atoms with Crippen molar-refractivity contribution >= 4 is 35.5 Å². The Bertz CT molecular complexity index is 1380. The van der Waals surface area contributed by atoms with Gasteiger partial charge in [0.15, 0.2) is 18.3 Å². The van der Waals surface area contributed by atoms with E-state index in [9.17, 15) is 29.2 Å². The Hall–Kier alpha value is -4.21. The van der Waals surface area contributed by atoms with Crippen molar-refractivity contribution in [3.05, 3.63) is 57.0 Å². The third-order valence-corrected chi connectivity index (χ3v) is 6.12. The topological polar surface area (TPSA) is 171 Å². The highest BCUT2D eigenvalue weighted by atomic mass is 35.5. The van der Waals surface area contributed by atoms with Crippen molar-refractivity contribution in [2.75, 3.05) is 6.61 Å². The van der Waals surface area contributed by atoms with Crippen molar-refractivity contribution in [3.63, 3.8) is 0 Å². The first-order valence-electron chi connectivity index (χ1n) is 12.1. The third-order valence-electron chi connectivity index (χ3n) is 5.86. The summed E-state index contributed by atoms with van der Waals surface area (Å²) in [7, 11) is 0. The summed E-state index contributed by atoms with van der Waals surface area (Å²) in [6.45, 7) is 4.18. The molecule has 0 spiro atoms. The lowest BCUT2D eigenvalue weighted by Crippen LogP contribution is -2.62. The van der Waals surface area contributed by atoms with Crippen LogP contribution in [0.3, 0.4) is 0 Å². The van der Waals surface area contributed by atoms with Gasteiger partial charge in [-0.15, -0.1) is 0 Å². The second-order valence-corrected chi connectivity index (χ2v) is 9.41. The van der Waals surface area contributed by atoms with E-state index >= 15 is 0 Å². The van der Waals surface area contributed by atoms with Gasteiger partial charge in [-0.2, -0.15) is 5.26 Å². The summed E-state index contributed by atoms with van der Waals surface area (Å²) in [5, 5.41) is 10.1. The maximum absolute atomic E-state index is 12.8. The second-order valence-electron chi connectivity index (χ2n) is 8.97. The number of hydrogen-bond acceptors (Lipinski definition) is 11. The number of pyridine rings is 1. The minimum Gasteiger partial charge on any atom is -0.463 e. The molecular formula is C27H27ClN2O10. The molecule has 2 heterocycles. The average Bonchev–Trinajstić information content (AvgIpc) is 2.85. The van der Waals surface area contributed by atoms with Crippen LogP contribution in [0.1, 0.15) is 39.0 Å². The molecule has 5 atom stereocenters. The van der Waals surface area contributed by atoms with E-state index in [-0.39, 0.29) is 24.3 Å². The van der Waals surface area contributed by atoms with Gasteiger partial charge >= 0.3 is 23.9 Å². The first-order chi connectivity index (χ1) is 18.9. The fourth-order valence-electron chi connectivity index (χ4n) is 4.39. The molecule has 1 saturated heterocycles. The number of nitrogens with one attached hydrogen (secondary N) is 1. The van der Waals surface area contributed by atoms with Gasteiger partial charge in [0.25, 0.3) is 5.56 Å². The van der Waals surface area contributed by atoms with Gasteiger partial charge in [0.1, 0.15) is 30.4 Å². The monoisotopic (exact) mass is 574 g/mol. The van der Waals surface area contributed by atoms with Crippen molar-refractivity contribution in [2.24, 2.45) is 0 Å². The molecular weight excluding hydrogens is 548 g/mol. The lowest BCUT2D eigenvalue weighted by molar-refractivity contribution is -0.252. The van der Waals surface area contributed by atoms with E-state index < -0.39 is 60.0 Å². The Morgan fingerprint density at radius 2 is 1.45 bits per heavy atom. The van der Waals surface area contributed by atoms with Gasteiger partial charge in [0.2, 0.25) is 0 Å². The summed E-state index contributed by atoms with van der Waals surface area (Å²) in [6, 6.07) is 9.98. The molecule has 0 unspecified atom stereocenters. The fourth-order valence-corrected chi connectivity index (χ4v) is 4.52. The SMILES string of the molecule is CC(=O)OC[C@H]1O[C@@H](Cc2cc(-c3ccc(Cl)cc3)c(C#N)c(=O)[nH]2)[C@H](OC(C)=O)[C@@H](OC(C)=O)[C@@H]1OC(C)=O. The van der Waals surface area contributed by atoms with E-state index in [1.54, 1.807) is 30.3 Å². The maximum Gasteiger partial charge on any atom is 0.303 e. The molecule has 0 radical (unpaired) electrons. The molecule has 0 saturated carbocycles. The zero-order valence-corrected chi connectivity index (χ0v) is 22.9. The maximum atomic E-state index is 12.8. The number of benzene rings is 1. The van der Waals surface area contributed by atoms with Crippen LogP contribution in [0, 0.1) is 11.3 Å². The second kappa shape index (κ2) is 13.2. The van der Waals surface area contributed by atoms with Crippen LogP contribution in [0.2, 0.25) is 5.02 Å². The molecule has 1 fully saturated rings. The predicted molar refractivity (Wildman–Crippen MR) is 138 cm³/mol. The summed E-state index contributed by atoms with van der Waals surface area (Å²) in [6.07, 6.45) is -6.26. The van der Waals surface area contributed by atoms with Crippen molar-refractivity contribution in [3.8, 4) is 17.2 Å². The van der Waals surface area contributed by atoms with Crippen LogP contribution in [0.25, 0.3) is 11.1 Å². The zero-order valence-electron chi connectivity index (χ0n) is 22.1. The minimum atomic E-state index is -1.34. The van der Waals surface area contributed by atoms with Gasteiger partial charge in [-0.1, -0.05) is 23.7 Å². The average molecular weight is 575 g/mol. The smallest absolute Gasteiger partial charge is 0.303 e. The van der Waals surface area contributed by atoms with Crippen molar-refractivity contribution in [1.29, 1.82) is 5.26 Å². The number of H-pyrrole nitrogens is 1. The highest BCUT2D eigenvalue weighted by molar-refractivity contribution is 6.30. The van der Waals surface area contributed by atoms with Crippen LogP contribution >= 0.6 is 11.6 Å². The lowest BCUT2D eigenvalue weighted by atomic mass is 9.91. The molecule has 12 nitrogen and oxygen atoms in total. The van der Waals surface area contributed by atoms with Crippen LogP contribution in [0.4, 0.5) is 0 Å². The van der Waals surface area contributed by atoms with Gasteiger partial charge in [0, 0.05) is 50.4 Å². The van der Waals surface area contributed by atoms with Gasteiger partial charge in [0.05, 0.1) is 0 Å². The van der Waals surface area contributed by atoms with Crippen molar-refractivity contribution in [2.45, 2.75) is 64.6 Å². The van der Waals surface area contributed by atoms with Gasteiger partial charge in [-0.3, -0.25) is 24.0 Å². The Labute approximate surface area is 234 Å². The standard InChI is InChI=1S/C27H27ClN2O10/c1-13(31)36-12-23-25(38-15(3)33)26(39-16(4)34)24(37-14(2)32)22(40-23)10-19-9-20(21(11-29)27(35)30-19)17-5-7-18(28)8-6-17/h5-9,22-26H,10,12H2,1-4H3,(H,30,35)/t22-,23+,24-,25+,26+/m0/s1. The van der Waals surface area contributed by atoms with E-state index in [1.807, 2.05) is 6.07 Å². The van der Waals surface area contributed by atoms with Crippen LogP contribution < -0.4 is 5.56 Å². The van der Waals surface area contributed by atoms with E-state index in [2.05, 4.69) is 4.98 Å². The number of aromatic amines is 1. The first kappa shape index (κ1) is 30.3. The number of ether oxygens (including phenoxy) is 5. The molecule has 1 aromatic carbocycles. The fraction of sp³-hybridized carbons (Fsp3) is 0.407. The number of esters is 4. The number of hydrogen-bond donors (Lipinski definition) is 1. The molecule has 212 valence electrons. The van der Waals surface area contributed by atoms with E-state index in [0.29, 0.717) is 16.1 Å². The van der Waals surface area contributed by atoms with Crippen LogP contribution in [0.15, 0.2) is 35.1 Å². The molecule has 0 bridgehead atoms. The van der Waals surface area contributed by atoms with E-state index in [1.165, 1.54) is 6.92 Å². The summed E-state index contributed by atoms with van der Waals surface area (Å²) in [5.41, 5.74) is 0.358. The number of rotatable bonds is 8. The van der Waals surface area contributed by atoms with Gasteiger partial charge in [-0.05, 0) is 23.8 Å². The number of carbonyl (C=O) groups is 4. The van der Waals surface area contributed by atoms with Gasteiger partial charge < -0.3 is 28.7 Å². The lowest BCUT2D eigenvalue weighted by Gasteiger charge is -2.44. The Morgan fingerprint density at radius 1 is 0.900 bits per heavy atom. The van der Waals surface area contributed by atoms with E-state index in [0.717, 1.165) is 20.8 Å². The Balaban J connectivity index is 2.09. The number of carbonyl (C=O) groups excluding carboxylic acids is 4. The minimum absolute atomic E-state index is 0.111. The summed E-state index contributed by atoms with van der Waals surface area (Å²) < 4.78 is 27.5. The van der Waals surface area contributed by atoms with Gasteiger partial charge in [-0.25, -0.2) is 0 Å². The Kier molecular flexibility index (Phi) is 10.0. The third kappa shape index (κ3) is 7.68. The van der Waals surface area contributed by atoms with Crippen LogP contribution in [-0.4, -0.2) is 66.0 Å². The molecule has 2 aromatic rings. The van der Waals surface area contributed by atoms with Crippen molar-refractivity contribution < 1.29 is 42.9 Å². The molecule has 1 aliphatic rings. The summed E-state index contributed by atoms with van der Waals surface area (Å²) in [5.74, 6) is -2.89.